The van der Waals surface area contributed by atoms with Gasteiger partial charge in [-0.3, -0.25) is 4.79 Å². The molecule has 3 rings (SSSR count). The van der Waals surface area contributed by atoms with Gasteiger partial charge in [-0.25, -0.2) is 5.43 Å². The minimum absolute atomic E-state index is 0.0964. The number of aryl methyl sites for hydroxylation is 2. The number of hydrogen-bond donors (Lipinski definition) is 1. The molecule has 0 spiro atoms. The molecule has 0 fully saturated rings. The molecule has 6 nitrogen and oxygen atoms in total. The zero-order chi connectivity index (χ0) is 19.2. The van der Waals surface area contributed by atoms with Crippen molar-refractivity contribution in [2.45, 2.75) is 27.2 Å². The fraction of sp³-hybridized carbons (Fsp3) is 0.333. The van der Waals surface area contributed by atoms with E-state index in [1.165, 1.54) is 0 Å². The maximum atomic E-state index is 12.0. The van der Waals surface area contributed by atoms with Crippen molar-refractivity contribution in [1.29, 1.82) is 0 Å². The average molecular weight is 368 g/mol. The van der Waals surface area contributed by atoms with Crippen LogP contribution in [0.15, 0.2) is 41.5 Å². The number of carbonyl (C=O) groups excluding carboxylic acids is 1. The van der Waals surface area contributed by atoms with Crippen molar-refractivity contribution in [3.63, 3.8) is 0 Å². The van der Waals surface area contributed by atoms with Crippen LogP contribution in [0.3, 0.4) is 0 Å². The lowest BCUT2D eigenvalue weighted by Crippen LogP contribution is -2.25. The first-order chi connectivity index (χ1) is 13.0. The molecule has 1 aliphatic rings. The minimum Gasteiger partial charge on any atom is -0.490 e. The van der Waals surface area contributed by atoms with Crippen molar-refractivity contribution in [2.24, 2.45) is 5.10 Å². The van der Waals surface area contributed by atoms with Crippen LogP contribution in [0.4, 0.5) is 0 Å². The Morgan fingerprint density at radius 1 is 1.07 bits per heavy atom. The zero-order valence-electron chi connectivity index (χ0n) is 15.9. The third kappa shape index (κ3) is 5.23. The fourth-order valence-electron chi connectivity index (χ4n) is 2.80. The lowest BCUT2D eigenvalue weighted by Gasteiger charge is -2.10. The second-order valence-corrected chi connectivity index (χ2v) is 6.56. The molecule has 1 N–H and O–H groups in total. The molecule has 0 radical (unpaired) electrons. The Hall–Kier alpha value is -3.02. The highest BCUT2D eigenvalue weighted by atomic mass is 16.5. The van der Waals surface area contributed by atoms with Crippen LogP contribution in [-0.4, -0.2) is 31.4 Å². The number of benzene rings is 2. The van der Waals surface area contributed by atoms with Crippen LogP contribution in [0.2, 0.25) is 0 Å². The average Bonchev–Trinajstić information content (AvgIpc) is 2.88. The Morgan fingerprint density at radius 3 is 2.52 bits per heavy atom. The van der Waals surface area contributed by atoms with Crippen molar-refractivity contribution < 1.29 is 19.0 Å². The molecule has 6 heteroatoms. The standard InChI is InChI=1S/C21H24N2O4/c1-14-9-15(2)11-18(10-14)27-13-21(24)23-22-16(3)17-5-6-19-20(12-17)26-8-4-7-25-19/h5-6,9-12H,4,7-8,13H2,1-3H3,(H,23,24)/b22-16-. The number of carbonyl (C=O) groups is 1. The van der Waals surface area contributed by atoms with Gasteiger partial charge in [0.1, 0.15) is 5.75 Å². The number of nitrogens with zero attached hydrogens (tertiary/aromatic N) is 1. The molecule has 1 aliphatic heterocycles. The number of ether oxygens (including phenoxy) is 3. The summed E-state index contributed by atoms with van der Waals surface area (Å²) < 4.78 is 16.8. The van der Waals surface area contributed by atoms with Gasteiger partial charge in [-0.2, -0.15) is 5.10 Å². The predicted octanol–water partition coefficient (Wildman–Crippen LogP) is 3.38. The van der Waals surface area contributed by atoms with Crippen molar-refractivity contribution in [1.82, 2.24) is 5.43 Å². The van der Waals surface area contributed by atoms with Crippen LogP contribution >= 0.6 is 0 Å². The van der Waals surface area contributed by atoms with Crippen LogP contribution in [0.5, 0.6) is 17.2 Å². The van der Waals surface area contributed by atoms with E-state index >= 15 is 0 Å². The second kappa shape index (κ2) is 8.58. The zero-order valence-corrected chi connectivity index (χ0v) is 15.9. The van der Waals surface area contributed by atoms with Crippen LogP contribution in [0.25, 0.3) is 0 Å². The highest BCUT2D eigenvalue weighted by Crippen LogP contribution is 2.30. The predicted molar refractivity (Wildman–Crippen MR) is 104 cm³/mol. The first kappa shape index (κ1) is 18.8. The molecule has 0 atom stereocenters. The van der Waals surface area contributed by atoms with E-state index in [4.69, 9.17) is 14.2 Å². The van der Waals surface area contributed by atoms with Gasteiger partial charge < -0.3 is 14.2 Å². The van der Waals surface area contributed by atoms with E-state index in [0.717, 1.165) is 28.9 Å². The van der Waals surface area contributed by atoms with Crippen LogP contribution in [0, 0.1) is 13.8 Å². The maximum absolute atomic E-state index is 12.0. The third-order valence-corrected chi connectivity index (χ3v) is 4.08. The normalized spacial score (nSPS) is 13.7. The molecule has 0 saturated heterocycles. The van der Waals surface area contributed by atoms with Gasteiger partial charge in [0.15, 0.2) is 18.1 Å². The van der Waals surface area contributed by atoms with Crippen molar-refractivity contribution in [3.8, 4) is 17.2 Å². The molecule has 0 saturated carbocycles. The van der Waals surface area contributed by atoms with E-state index in [9.17, 15) is 4.79 Å². The smallest absolute Gasteiger partial charge is 0.277 e. The Bertz CT molecular complexity index is 841. The number of hydrazone groups is 1. The summed E-state index contributed by atoms with van der Waals surface area (Å²) in [6, 6.07) is 11.5. The van der Waals surface area contributed by atoms with E-state index in [0.29, 0.717) is 30.4 Å². The van der Waals surface area contributed by atoms with Crippen molar-refractivity contribution >= 4 is 11.6 Å². The molecule has 27 heavy (non-hydrogen) atoms. The summed E-state index contributed by atoms with van der Waals surface area (Å²) in [6.07, 6.45) is 0.855. The van der Waals surface area contributed by atoms with Gasteiger partial charge in [0.2, 0.25) is 0 Å². The SMILES string of the molecule is C/C(=N/NC(=O)COc1cc(C)cc(C)c1)c1ccc2c(c1)OCCCO2. The van der Waals surface area contributed by atoms with Crippen LogP contribution in [-0.2, 0) is 4.79 Å². The molecule has 0 bridgehead atoms. The van der Waals surface area contributed by atoms with E-state index < -0.39 is 0 Å². The van der Waals surface area contributed by atoms with Crippen molar-refractivity contribution in [3.05, 3.63) is 53.1 Å². The highest BCUT2D eigenvalue weighted by molar-refractivity contribution is 5.99. The molecule has 2 aromatic rings. The third-order valence-electron chi connectivity index (χ3n) is 4.08. The van der Waals surface area contributed by atoms with Crippen LogP contribution < -0.4 is 19.6 Å². The molecule has 142 valence electrons. The Kier molecular flexibility index (Phi) is 5.96. The lowest BCUT2D eigenvalue weighted by atomic mass is 10.1. The van der Waals surface area contributed by atoms with Gasteiger partial charge in [0.05, 0.1) is 18.9 Å². The summed E-state index contributed by atoms with van der Waals surface area (Å²) in [5.74, 6) is 1.79. The molecule has 2 aromatic carbocycles. The molecular formula is C21H24N2O4. The number of nitrogens with one attached hydrogen (secondary N) is 1. The van der Waals surface area contributed by atoms with Gasteiger partial charge >= 0.3 is 0 Å². The first-order valence-corrected chi connectivity index (χ1v) is 8.95. The van der Waals surface area contributed by atoms with Gasteiger partial charge in [-0.15, -0.1) is 0 Å². The maximum Gasteiger partial charge on any atom is 0.277 e. The molecule has 0 aliphatic carbocycles. The van der Waals surface area contributed by atoms with Gasteiger partial charge in [-0.05, 0) is 62.2 Å². The monoisotopic (exact) mass is 368 g/mol. The quantitative estimate of drug-likeness (QED) is 0.649. The van der Waals surface area contributed by atoms with Crippen molar-refractivity contribution in [2.75, 3.05) is 19.8 Å². The summed E-state index contributed by atoms with van der Waals surface area (Å²) in [5.41, 5.74) is 6.24. The van der Waals surface area contributed by atoms with E-state index in [2.05, 4.69) is 16.6 Å². The van der Waals surface area contributed by atoms with Gasteiger partial charge in [-0.1, -0.05) is 6.07 Å². The lowest BCUT2D eigenvalue weighted by molar-refractivity contribution is -0.123. The van der Waals surface area contributed by atoms with Crippen LogP contribution in [0.1, 0.15) is 30.0 Å². The van der Waals surface area contributed by atoms with E-state index in [1.54, 1.807) is 0 Å². The number of fused-ring (bicyclic) bond motifs is 1. The molecule has 1 heterocycles. The fourth-order valence-corrected chi connectivity index (χ4v) is 2.80. The highest BCUT2D eigenvalue weighted by Gasteiger charge is 2.12. The Labute approximate surface area is 159 Å². The molecule has 0 aromatic heterocycles. The Balaban J connectivity index is 1.58. The summed E-state index contributed by atoms with van der Waals surface area (Å²) in [6.45, 7) is 6.98. The summed E-state index contributed by atoms with van der Waals surface area (Å²) in [7, 11) is 0. The van der Waals surface area contributed by atoms with E-state index in [1.807, 2.05) is 51.1 Å². The Morgan fingerprint density at radius 2 is 1.78 bits per heavy atom. The topological polar surface area (TPSA) is 69.2 Å². The first-order valence-electron chi connectivity index (χ1n) is 8.95. The summed E-state index contributed by atoms with van der Waals surface area (Å²) in [5, 5.41) is 4.15. The number of rotatable bonds is 5. The number of amides is 1. The van der Waals surface area contributed by atoms with Gasteiger partial charge in [0, 0.05) is 12.0 Å². The van der Waals surface area contributed by atoms with Gasteiger partial charge in [0.25, 0.3) is 5.91 Å². The minimum atomic E-state index is -0.317. The number of hydrogen-bond acceptors (Lipinski definition) is 5. The second-order valence-electron chi connectivity index (χ2n) is 6.56. The molecule has 0 unspecified atom stereocenters. The summed E-state index contributed by atoms with van der Waals surface area (Å²) >= 11 is 0. The van der Waals surface area contributed by atoms with E-state index in [-0.39, 0.29) is 12.5 Å². The molecular weight excluding hydrogens is 344 g/mol. The molecule has 1 amide bonds. The largest absolute Gasteiger partial charge is 0.490 e. The summed E-state index contributed by atoms with van der Waals surface area (Å²) in [4.78, 5) is 12.0.